The van der Waals surface area contributed by atoms with E-state index in [0.29, 0.717) is 5.56 Å². The quantitative estimate of drug-likeness (QED) is 0.719. The molecule has 0 fully saturated rings. The molecule has 2 rings (SSSR count). The average molecular weight is 198 g/mol. The van der Waals surface area contributed by atoms with Gasteiger partial charge in [-0.15, -0.1) is 5.10 Å². The fourth-order valence-corrected chi connectivity index (χ4v) is 1.55. The molecular weight excluding hydrogens is 188 g/mol. The summed E-state index contributed by atoms with van der Waals surface area (Å²) in [7, 11) is 0. The lowest BCUT2D eigenvalue weighted by Crippen LogP contribution is -2.24. The summed E-state index contributed by atoms with van der Waals surface area (Å²) >= 11 is 0. The van der Waals surface area contributed by atoms with Crippen molar-refractivity contribution < 1.29 is 0 Å². The summed E-state index contributed by atoms with van der Waals surface area (Å²) in [5.74, 6) is 0. The van der Waals surface area contributed by atoms with E-state index in [2.05, 4.69) is 21.5 Å². The highest BCUT2D eigenvalue weighted by Crippen LogP contribution is 2.20. The average Bonchev–Trinajstić information content (AvgIpc) is 2.65. The molecule has 0 aliphatic carbocycles. The van der Waals surface area contributed by atoms with Gasteiger partial charge in [-0.2, -0.15) is 10.4 Å². The smallest absolute Gasteiger partial charge is 0.122 e. The monoisotopic (exact) mass is 198 g/mol. The molecular formula is C11H10N4. The van der Waals surface area contributed by atoms with E-state index in [1.165, 1.54) is 0 Å². The Balaban J connectivity index is 2.21. The molecule has 0 radical (unpaired) electrons. The van der Waals surface area contributed by atoms with Crippen molar-refractivity contribution in [1.82, 2.24) is 0 Å². The lowest BCUT2D eigenvalue weighted by Gasteiger charge is -2.14. The minimum Gasteiger partial charge on any atom is -0.192 e. The third-order valence-electron chi connectivity index (χ3n) is 2.28. The van der Waals surface area contributed by atoms with Crippen molar-refractivity contribution in [1.29, 1.82) is 5.26 Å². The van der Waals surface area contributed by atoms with Gasteiger partial charge in [-0.05, 0) is 29.8 Å². The molecule has 1 aromatic carbocycles. The van der Waals surface area contributed by atoms with Crippen LogP contribution < -0.4 is 0 Å². The SMILES string of the molecule is CC1(Cc2cccc(C#N)c2)C=NN=N1. The van der Waals surface area contributed by atoms with Crippen LogP contribution in [-0.2, 0) is 6.42 Å². The molecule has 4 heteroatoms. The molecule has 1 aliphatic rings. The normalized spacial score (nSPS) is 22.9. The third kappa shape index (κ3) is 2.08. The number of nitriles is 1. The van der Waals surface area contributed by atoms with E-state index in [4.69, 9.17) is 5.26 Å². The Bertz CT molecular complexity index is 456. The fourth-order valence-electron chi connectivity index (χ4n) is 1.55. The Morgan fingerprint density at radius 2 is 2.33 bits per heavy atom. The van der Waals surface area contributed by atoms with Gasteiger partial charge in [0.25, 0.3) is 0 Å². The largest absolute Gasteiger partial charge is 0.192 e. The maximum atomic E-state index is 8.77. The second-order valence-corrected chi connectivity index (χ2v) is 3.78. The molecule has 0 bridgehead atoms. The van der Waals surface area contributed by atoms with Crippen molar-refractivity contribution in [3.05, 3.63) is 35.4 Å². The first kappa shape index (κ1) is 9.53. The third-order valence-corrected chi connectivity index (χ3v) is 2.28. The molecule has 1 aromatic rings. The van der Waals surface area contributed by atoms with Crippen LogP contribution in [0.1, 0.15) is 18.1 Å². The van der Waals surface area contributed by atoms with E-state index in [9.17, 15) is 0 Å². The molecule has 0 aromatic heterocycles. The summed E-state index contributed by atoms with van der Waals surface area (Å²) in [5.41, 5.74) is 1.39. The highest BCUT2D eigenvalue weighted by atomic mass is 15.4. The highest BCUT2D eigenvalue weighted by Gasteiger charge is 2.25. The van der Waals surface area contributed by atoms with Crippen LogP contribution in [0.3, 0.4) is 0 Å². The Labute approximate surface area is 88.0 Å². The van der Waals surface area contributed by atoms with Gasteiger partial charge in [-0.25, -0.2) is 0 Å². The zero-order valence-corrected chi connectivity index (χ0v) is 8.38. The first-order chi connectivity index (χ1) is 7.22. The predicted octanol–water partition coefficient (Wildman–Crippen LogP) is 2.31. The lowest BCUT2D eigenvalue weighted by atomic mass is 9.94. The Morgan fingerprint density at radius 3 is 3.00 bits per heavy atom. The molecule has 0 amide bonds. The first-order valence-corrected chi connectivity index (χ1v) is 4.67. The Hall–Kier alpha value is -2.02. The zero-order chi connectivity index (χ0) is 10.7. The molecule has 4 nitrogen and oxygen atoms in total. The molecule has 0 saturated heterocycles. The van der Waals surface area contributed by atoms with Gasteiger partial charge in [0.15, 0.2) is 0 Å². The molecule has 1 unspecified atom stereocenters. The second-order valence-electron chi connectivity index (χ2n) is 3.78. The molecule has 0 spiro atoms. The van der Waals surface area contributed by atoms with Gasteiger partial charge in [-0.1, -0.05) is 12.1 Å². The van der Waals surface area contributed by atoms with Crippen LogP contribution in [0.2, 0.25) is 0 Å². The molecule has 74 valence electrons. The van der Waals surface area contributed by atoms with Gasteiger partial charge in [0.2, 0.25) is 0 Å². The van der Waals surface area contributed by atoms with Crippen LogP contribution in [0, 0.1) is 11.3 Å². The van der Waals surface area contributed by atoms with E-state index < -0.39 is 0 Å². The van der Waals surface area contributed by atoms with Gasteiger partial charge in [-0.3, -0.25) is 0 Å². The summed E-state index contributed by atoms with van der Waals surface area (Å²) in [4.78, 5) is 0. The van der Waals surface area contributed by atoms with E-state index in [1.807, 2.05) is 25.1 Å². The minimum atomic E-state index is -0.353. The standard InChI is InChI=1S/C11H10N4/c1-11(8-13-15-14-11)6-9-3-2-4-10(5-9)7-12/h2-5,8H,6H2,1H3. The first-order valence-electron chi connectivity index (χ1n) is 4.67. The number of hydrogen-bond acceptors (Lipinski definition) is 4. The lowest BCUT2D eigenvalue weighted by molar-refractivity contribution is 0.620. The Morgan fingerprint density at radius 1 is 1.47 bits per heavy atom. The number of rotatable bonds is 2. The zero-order valence-electron chi connectivity index (χ0n) is 8.38. The van der Waals surface area contributed by atoms with Crippen LogP contribution in [0.15, 0.2) is 39.7 Å². The van der Waals surface area contributed by atoms with Crippen LogP contribution in [0.4, 0.5) is 0 Å². The number of hydrogen-bond donors (Lipinski definition) is 0. The molecule has 15 heavy (non-hydrogen) atoms. The maximum Gasteiger partial charge on any atom is 0.122 e. The van der Waals surface area contributed by atoms with Crippen molar-refractivity contribution in [2.75, 3.05) is 0 Å². The topological polar surface area (TPSA) is 60.9 Å². The summed E-state index contributed by atoms with van der Waals surface area (Å²) in [5, 5.41) is 20.2. The highest BCUT2D eigenvalue weighted by molar-refractivity contribution is 5.71. The Kier molecular flexibility index (Phi) is 2.30. The van der Waals surface area contributed by atoms with E-state index in [1.54, 1.807) is 12.3 Å². The van der Waals surface area contributed by atoms with Crippen LogP contribution in [-0.4, -0.2) is 11.8 Å². The summed E-state index contributed by atoms with van der Waals surface area (Å²) in [6.07, 6.45) is 2.45. The summed E-state index contributed by atoms with van der Waals surface area (Å²) < 4.78 is 0. The summed E-state index contributed by atoms with van der Waals surface area (Å²) in [6.45, 7) is 1.96. The molecule has 1 atom stereocenters. The molecule has 0 saturated carbocycles. The van der Waals surface area contributed by atoms with E-state index in [0.717, 1.165) is 12.0 Å². The molecule has 1 heterocycles. The number of nitrogens with zero attached hydrogens (tertiary/aromatic N) is 4. The number of benzene rings is 1. The van der Waals surface area contributed by atoms with Gasteiger partial charge >= 0.3 is 0 Å². The van der Waals surface area contributed by atoms with Gasteiger partial charge in [0.05, 0.1) is 17.8 Å². The van der Waals surface area contributed by atoms with Crippen molar-refractivity contribution in [3.63, 3.8) is 0 Å². The predicted molar refractivity (Wildman–Crippen MR) is 56.6 cm³/mol. The minimum absolute atomic E-state index is 0.353. The van der Waals surface area contributed by atoms with Gasteiger partial charge in [0.1, 0.15) is 5.54 Å². The van der Waals surface area contributed by atoms with Crippen LogP contribution in [0.25, 0.3) is 0 Å². The maximum absolute atomic E-state index is 8.77. The second kappa shape index (κ2) is 3.62. The van der Waals surface area contributed by atoms with Gasteiger partial charge < -0.3 is 0 Å². The van der Waals surface area contributed by atoms with Gasteiger partial charge in [0, 0.05) is 6.42 Å². The van der Waals surface area contributed by atoms with E-state index in [-0.39, 0.29) is 5.54 Å². The van der Waals surface area contributed by atoms with Crippen molar-refractivity contribution in [3.8, 4) is 6.07 Å². The van der Waals surface area contributed by atoms with Crippen LogP contribution >= 0.6 is 0 Å². The fraction of sp³-hybridized carbons (Fsp3) is 0.273. The van der Waals surface area contributed by atoms with Crippen molar-refractivity contribution in [2.24, 2.45) is 15.4 Å². The van der Waals surface area contributed by atoms with Crippen molar-refractivity contribution in [2.45, 2.75) is 18.9 Å². The van der Waals surface area contributed by atoms with E-state index >= 15 is 0 Å². The molecule has 0 N–H and O–H groups in total. The van der Waals surface area contributed by atoms with Crippen molar-refractivity contribution >= 4 is 6.21 Å². The summed E-state index contributed by atoms with van der Waals surface area (Å²) in [6, 6.07) is 9.63. The van der Waals surface area contributed by atoms with Crippen LogP contribution in [0.5, 0.6) is 0 Å². The molecule has 1 aliphatic heterocycles.